The second kappa shape index (κ2) is 18.0. The minimum atomic E-state index is 0.204. The Morgan fingerprint density at radius 1 is 0.730 bits per heavy atom. The second-order valence-electron chi connectivity index (χ2n) is 11.1. The summed E-state index contributed by atoms with van der Waals surface area (Å²) in [5, 5.41) is 8.40. The number of ether oxygens (including phenoxy) is 2. The third kappa shape index (κ3) is 10.7. The van der Waals surface area contributed by atoms with Gasteiger partial charge in [-0.05, 0) is 73.9 Å². The first-order valence-corrected chi connectivity index (χ1v) is 16.5. The smallest absolute Gasteiger partial charge is 0.269 e. The van der Waals surface area contributed by atoms with Crippen molar-refractivity contribution in [2.75, 3.05) is 13.2 Å². The van der Waals surface area contributed by atoms with E-state index < -0.39 is 0 Å². The molecule has 2 aliphatic rings. The predicted molar refractivity (Wildman–Crippen MR) is 160 cm³/mol. The van der Waals surface area contributed by atoms with Gasteiger partial charge in [-0.2, -0.15) is 0 Å². The highest BCUT2D eigenvalue weighted by molar-refractivity contribution is 8.13. The normalized spacial score (nSPS) is 21.8. The maximum absolute atomic E-state index is 6.06. The number of hydrazone groups is 1. The molecule has 3 rings (SSSR count). The van der Waals surface area contributed by atoms with Gasteiger partial charge in [-0.3, -0.25) is 5.01 Å². The zero-order valence-corrected chi connectivity index (χ0v) is 24.9. The molecule has 1 unspecified atom stereocenters. The molecule has 0 N–H and O–H groups in total. The maximum atomic E-state index is 6.06. The van der Waals surface area contributed by atoms with E-state index >= 15 is 0 Å². The van der Waals surface area contributed by atoms with Crippen molar-refractivity contribution in [1.29, 1.82) is 0 Å². The van der Waals surface area contributed by atoms with Gasteiger partial charge in [0, 0.05) is 6.04 Å². The van der Waals surface area contributed by atoms with Crippen molar-refractivity contribution in [3.8, 4) is 5.75 Å². The summed E-state index contributed by atoms with van der Waals surface area (Å²) in [6, 6.07) is 9.29. The molecule has 0 aromatic heterocycles. The molecule has 1 aliphatic carbocycles. The number of thioether (sulfide) groups is 1. The van der Waals surface area contributed by atoms with Crippen LogP contribution in [0.15, 0.2) is 29.4 Å². The lowest BCUT2D eigenvalue weighted by Gasteiger charge is -2.36. The fourth-order valence-electron chi connectivity index (χ4n) is 5.60. The highest BCUT2D eigenvalue weighted by atomic mass is 32.2. The van der Waals surface area contributed by atoms with E-state index in [2.05, 4.69) is 50.0 Å². The minimum absolute atomic E-state index is 0.204. The van der Waals surface area contributed by atoms with Gasteiger partial charge >= 0.3 is 0 Å². The minimum Gasteiger partial charge on any atom is -0.494 e. The molecule has 0 amide bonds. The largest absolute Gasteiger partial charge is 0.494 e. The molecule has 5 heteroatoms. The summed E-state index contributed by atoms with van der Waals surface area (Å²) >= 11 is 1.78. The van der Waals surface area contributed by atoms with E-state index in [0.29, 0.717) is 6.04 Å². The van der Waals surface area contributed by atoms with Crippen molar-refractivity contribution < 1.29 is 9.47 Å². The van der Waals surface area contributed by atoms with Gasteiger partial charge in [0.1, 0.15) is 11.1 Å². The van der Waals surface area contributed by atoms with Crippen LogP contribution in [0.4, 0.5) is 0 Å². The SMILES string of the molecule is CCCCCCCCCCOc1ccc(C2SC(OCCC)=NN2C2CCC(CCCCC)CC2)cc1. The molecular weight excluding hydrogens is 476 g/mol. The summed E-state index contributed by atoms with van der Waals surface area (Å²) in [4.78, 5) is 0. The molecule has 4 nitrogen and oxygen atoms in total. The molecule has 1 aromatic carbocycles. The molecule has 0 spiro atoms. The summed E-state index contributed by atoms with van der Waals surface area (Å²) in [7, 11) is 0. The van der Waals surface area contributed by atoms with E-state index in [4.69, 9.17) is 14.6 Å². The van der Waals surface area contributed by atoms with Crippen LogP contribution >= 0.6 is 11.8 Å². The van der Waals surface area contributed by atoms with Gasteiger partial charge in [-0.15, -0.1) is 5.10 Å². The number of benzene rings is 1. The molecule has 1 aliphatic heterocycles. The molecule has 1 aromatic rings. The summed E-state index contributed by atoms with van der Waals surface area (Å²) in [6.45, 7) is 8.29. The van der Waals surface area contributed by atoms with Gasteiger partial charge in [0.25, 0.3) is 5.23 Å². The molecule has 1 saturated carbocycles. The van der Waals surface area contributed by atoms with Gasteiger partial charge in [0.15, 0.2) is 0 Å². The van der Waals surface area contributed by atoms with Crippen molar-refractivity contribution in [2.24, 2.45) is 11.0 Å². The van der Waals surface area contributed by atoms with Crippen molar-refractivity contribution >= 4 is 17.0 Å². The Balaban J connectivity index is 1.47. The van der Waals surface area contributed by atoms with Gasteiger partial charge < -0.3 is 9.47 Å². The van der Waals surface area contributed by atoms with Crippen molar-refractivity contribution in [2.45, 2.75) is 141 Å². The van der Waals surface area contributed by atoms with Crippen molar-refractivity contribution in [1.82, 2.24) is 5.01 Å². The van der Waals surface area contributed by atoms with E-state index in [-0.39, 0.29) is 5.37 Å². The van der Waals surface area contributed by atoms with E-state index in [1.165, 1.54) is 102 Å². The van der Waals surface area contributed by atoms with Crippen LogP contribution in [0.1, 0.15) is 141 Å². The predicted octanol–water partition coefficient (Wildman–Crippen LogP) is 10.1. The average molecular weight is 531 g/mol. The zero-order valence-electron chi connectivity index (χ0n) is 24.1. The first kappa shape index (κ1) is 30.2. The van der Waals surface area contributed by atoms with Crippen LogP contribution in [-0.4, -0.2) is 29.5 Å². The fourth-order valence-corrected chi connectivity index (χ4v) is 6.71. The number of unbranched alkanes of at least 4 members (excludes halogenated alkanes) is 9. The van der Waals surface area contributed by atoms with Crippen LogP contribution < -0.4 is 4.74 Å². The average Bonchev–Trinajstić information content (AvgIpc) is 3.36. The topological polar surface area (TPSA) is 34.1 Å². The van der Waals surface area contributed by atoms with Gasteiger partial charge in [-0.1, -0.05) is 104 Å². The lowest BCUT2D eigenvalue weighted by molar-refractivity contribution is 0.127. The van der Waals surface area contributed by atoms with Crippen molar-refractivity contribution in [3.05, 3.63) is 29.8 Å². The number of nitrogens with zero attached hydrogens (tertiary/aromatic N) is 2. The first-order valence-electron chi connectivity index (χ1n) is 15.6. The Labute approximate surface area is 232 Å². The standard InChI is InChI=1S/C32H54N2O2S/c1-4-7-9-10-11-12-13-15-26-35-30-23-19-28(20-24-30)31-34(33-32(37-31)36-25-6-3)29-21-17-27(18-22-29)16-14-8-5-2/h19-20,23-24,27,29,31H,4-18,21-22,25-26H2,1-3H3. The van der Waals surface area contributed by atoms with Crippen LogP contribution in [0, 0.1) is 5.92 Å². The lowest BCUT2D eigenvalue weighted by Crippen LogP contribution is -2.34. The van der Waals surface area contributed by atoms with E-state index in [0.717, 1.165) is 43.0 Å². The highest BCUT2D eigenvalue weighted by Crippen LogP contribution is 2.44. The fraction of sp³-hybridized carbons (Fsp3) is 0.781. The monoisotopic (exact) mass is 530 g/mol. The Kier molecular flexibility index (Phi) is 14.7. The van der Waals surface area contributed by atoms with E-state index in [1.807, 2.05) is 0 Å². The maximum Gasteiger partial charge on any atom is 0.269 e. The Hall–Kier alpha value is -1.36. The quantitative estimate of drug-likeness (QED) is 0.177. The summed E-state index contributed by atoms with van der Waals surface area (Å²) in [5.74, 6) is 1.89. The molecule has 1 fully saturated rings. The second-order valence-corrected chi connectivity index (χ2v) is 12.2. The Bertz CT molecular complexity index is 746. The molecule has 0 bridgehead atoms. The lowest BCUT2D eigenvalue weighted by atomic mass is 9.82. The third-order valence-electron chi connectivity index (χ3n) is 7.92. The van der Waals surface area contributed by atoms with Crippen LogP contribution in [0.25, 0.3) is 0 Å². The van der Waals surface area contributed by atoms with Crippen LogP contribution in [0.2, 0.25) is 0 Å². The number of hydrogen-bond acceptors (Lipinski definition) is 5. The van der Waals surface area contributed by atoms with Crippen LogP contribution in [-0.2, 0) is 4.74 Å². The number of hydrogen-bond donors (Lipinski definition) is 0. The van der Waals surface area contributed by atoms with E-state index in [9.17, 15) is 0 Å². The number of rotatable bonds is 18. The third-order valence-corrected chi connectivity index (χ3v) is 9.03. The molecule has 0 saturated heterocycles. The summed E-state index contributed by atoms with van der Waals surface area (Å²) in [5.41, 5.74) is 1.30. The summed E-state index contributed by atoms with van der Waals surface area (Å²) in [6.07, 6.45) is 22.3. The van der Waals surface area contributed by atoms with Gasteiger partial charge in [0.05, 0.1) is 13.2 Å². The van der Waals surface area contributed by atoms with Gasteiger partial charge in [-0.25, -0.2) is 0 Å². The Morgan fingerprint density at radius 2 is 1.38 bits per heavy atom. The van der Waals surface area contributed by atoms with Gasteiger partial charge in [0.2, 0.25) is 0 Å². The summed E-state index contributed by atoms with van der Waals surface area (Å²) < 4.78 is 12.1. The Morgan fingerprint density at radius 3 is 2.05 bits per heavy atom. The van der Waals surface area contributed by atoms with Crippen molar-refractivity contribution in [3.63, 3.8) is 0 Å². The van der Waals surface area contributed by atoms with E-state index in [1.54, 1.807) is 11.8 Å². The van der Waals surface area contributed by atoms with Crippen LogP contribution in [0.3, 0.4) is 0 Å². The highest BCUT2D eigenvalue weighted by Gasteiger charge is 2.36. The molecule has 1 atom stereocenters. The molecular formula is C32H54N2O2S. The molecule has 210 valence electrons. The molecule has 1 heterocycles. The van der Waals surface area contributed by atoms with Crippen LogP contribution in [0.5, 0.6) is 5.75 Å². The molecule has 37 heavy (non-hydrogen) atoms. The molecule has 0 radical (unpaired) electrons. The zero-order chi connectivity index (χ0) is 26.1. The first-order chi connectivity index (χ1) is 18.2.